The van der Waals surface area contributed by atoms with E-state index in [0.29, 0.717) is 11.7 Å². The lowest BCUT2D eigenvalue weighted by molar-refractivity contribution is 0.475. The summed E-state index contributed by atoms with van der Waals surface area (Å²) in [6.07, 6.45) is 0.922. The molecule has 0 radical (unpaired) electrons. The molecule has 0 aliphatic heterocycles. The molecule has 2 aromatic rings. The van der Waals surface area contributed by atoms with Gasteiger partial charge in [-0.05, 0) is 47.7 Å². The quantitative estimate of drug-likeness (QED) is 0.803. The van der Waals surface area contributed by atoms with E-state index in [4.69, 9.17) is 11.6 Å². The van der Waals surface area contributed by atoms with Crippen LogP contribution in [-0.2, 0) is 6.42 Å². The van der Waals surface area contributed by atoms with Crippen LogP contribution in [0.3, 0.4) is 0 Å². The van der Waals surface area contributed by atoms with Crippen LogP contribution in [0.4, 0.5) is 0 Å². The maximum absolute atomic E-state index is 9.27. The van der Waals surface area contributed by atoms with E-state index >= 15 is 0 Å². The number of benzene rings is 2. The smallest absolute Gasteiger partial charge is 0.115 e. The second-order valence-electron chi connectivity index (χ2n) is 4.28. The van der Waals surface area contributed by atoms with Gasteiger partial charge in [0.15, 0.2) is 0 Å². The van der Waals surface area contributed by atoms with E-state index in [-0.39, 0.29) is 0 Å². The Hall–Kier alpha value is -0.990. The Bertz CT molecular complexity index is 510. The maximum atomic E-state index is 9.27. The van der Waals surface area contributed by atoms with Crippen molar-refractivity contribution in [2.24, 2.45) is 0 Å². The zero-order chi connectivity index (χ0) is 13.0. The Morgan fingerprint density at radius 3 is 2.44 bits per heavy atom. The van der Waals surface area contributed by atoms with Crippen molar-refractivity contribution in [3.05, 3.63) is 64.7 Å². The summed E-state index contributed by atoms with van der Waals surface area (Å²) in [5.41, 5.74) is 2.43. The Balaban J connectivity index is 2.17. The van der Waals surface area contributed by atoms with Gasteiger partial charge in [0.2, 0.25) is 0 Å². The van der Waals surface area contributed by atoms with Gasteiger partial charge in [-0.2, -0.15) is 0 Å². The van der Waals surface area contributed by atoms with Gasteiger partial charge in [0.1, 0.15) is 5.75 Å². The Morgan fingerprint density at radius 1 is 1.11 bits per heavy atom. The number of alkyl halides is 1. The lowest BCUT2D eigenvalue weighted by atomic mass is 9.94. The van der Waals surface area contributed by atoms with Crippen LogP contribution in [0.5, 0.6) is 5.75 Å². The molecule has 0 aliphatic rings. The van der Waals surface area contributed by atoms with Gasteiger partial charge >= 0.3 is 0 Å². The van der Waals surface area contributed by atoms with Gasteiger partial charge in [-0.15, -0.1) is 0 Å². The fourth-order valence-corrected chi connectivity index (χ4v) is 2.74. The second-order valence-corrected chi connectivity index (χ2v) is 5.36. The van der Waals surface area contributed by atoms with E-state index < -0.39 is 0 Å². The molecule has 0 amide bonds. The first-order valence-electron chi connectivity index (χ1n) is 5.78. The third-order valence-electron chi connectivity index (χ3n) is 2.92. The van der Waals surface area contributed by atoms with Crippen molar-refractivity contribution in [3.63, 3.8) is 0 Å². The zero-order valence-electron chi connectivity index (χ0n) is 9.81. The first-order chi connectivity index (χ1) is 8.69. The first-order valence-corrected chi connectivity index (χ1v) is 7.28. The lowest BCUT2D eigenvalue weighted by Gasteiger charge is -2.15. The fraction of sp³-hybridized carbons (Fsp3) is 0.200. The van der Waals surface area contributed by atoms with Crippen molar-refractivity contribution in [1.29, 1.82) is 0 Å². The summed E-state index contributed by atoms with van der Waals surface area (Å²) in [6.45, 7) is 0. The van der Waals surface area contributed by atoms with Crippen molar-refractivity contribution in [2.45, 2.75) is 12.3 Å². The molecule has 94 valence electrons. The highest BCUT2D eigenvalue weighted by Gasteiger charge is 2.11. The molecule has 0 heterocycles. The van der Waals surface area contributed by atoms with Gasteiger partial charge in [-0.3, -0.25) is 0 Å². The molecular weight excluding hydrogens is 312 g/mol. The van der Waals surface area contributed by atoms with E-state index in [1.807, 2.05) is 30.3 Å². The molecule has 0 spiro atoms. The number of hydrogen-bond donors (Lipinski definition) is 1. The van der Waals surface area contributed by atoms with Crippen molar-refractivity contribution in [3.8, 4) is 5.75 Å². The summed E-state index contributed by atoms with van der Waals surface area (Å²) in [5, 5.41) is 10.9. The van der Waals surface area contributed by atoms with Gasteiger partial charge in [0.05, 0.1) is 0 Å². The van der Waals surface area contributed by atoms with Crippen molar-refractivity contribution in [2.75, 3.05) is 5.33 Å². The number of hydrogen-bond acceptors (Lipinski definition) is 1. The van der Waals surface area contributed by atoms with Gasteiger partial charge in [0.25, 0.3) is 0 Å². The van der Waals surface area contributed by atoms with Crippen LogP contribution in [-0.4, -0.2) is 10.4 Å². The average Bonchev–Trinajstić information content (AvgIpc) is 2.38. The normalized spacial score (nSPS) is 12.3. The standard InChI is InChI=1S/C15H14BrClO/c16-10-13(12-2-1-3-14(17)9-12)8-11-4-6-15(18)7-5-11/h1-7,9,13,18H,8,10H2. The molecule has 1 unspecified atom stereocenters. The summed E-state index contributed by atoms with van der Waals surface area (Å²) in [7, 11) is 0. The molecule has 3 heteroatoms. The van der Waals surface area contributed by atoms with Crippen LogP contribution in [0.25, 0.3) is 0 Å². The predicted molar refractivity (Wildman–Crippen MR) is 79.8 cm³/mol. The Kier molecular flexibility index (Phi) is 4.67. The minimum atomic E-state index is 0.303. The third-order valence-corrected chi connectivity index (χ3v) is 3.94. The van der Waals surface area contributed by atoms with Crippen LogP contribution in [0, 0.1) is 0 Å². The third kappa shape index (κ3) is 3.50. The highest BCUT2D eigenvalue weighted by Crippen LogP contribution is 2.26. The molecule has 0 aromatic heterocycles. The van der Waals surface area contributed by atoms with Gasteiger partial charge in [0, 0.05) is 10.4 Å². The summed E-state index contributed by atoms with van der Waals surface area (Å²) in [4.78, 5) is 0. The topological polar surface area (TPSA) is 20.2 Å². The maximum Gasteiger partial charge on any atom is 0.115 e. The molecule has 1 nitrogen and oxygen atoms in total. The minimum Gasteiger partial charge on any atom is -0.508 e. The van der Waals surface area contributed by atoms with E-state index in [9.17, 15) is 5.11 Å². The Labute approximate surface area is 121 Å². The largest absolute Gasteiger partial charge is 0.508 e. The van der Waals surface area contributed by atoms with Gasteiger partial charge in [-0.1, -0.05) is 51.8 Å². The monoisotopic (exact) mass is 324 g/mol. The van der Waals surface area contributed by atoms with E-state index in [0.717, 1.165) is 16.8 Å². The van der Waals surface area contributed by atoms with Crippen LogP contribution >= 0.6 is 27.5 Å². The van der Waals surface area contributed by atoms with Crippen molar-refractivity contribution >= 4 is 27.5 Å². The molecule has 0 fully saturated rings. The fourth-order valence-electron chi connectivity index (χ4n) is 1.94. The molecular formula is C15H14BrClO. The highest BCUT2D eigenvalue weighted by atomic mass is 79.9. The van der Waals surface area contributed by atoms with Gasteiger partial charge in [-0.25, -0.2) is 0 Å². The molecule has 0 bridgehead atoms. The molecule has 1 atom stereocenters. The van der Waals surface area contributed by atoms with Crippen LogP contribution in [0.1, 0.15) is 17.0 Å². The summed E-state index contributed by atoms with van der Waals surface area (Å²) < 4.78 is 0. The molecule has 0 saturated heterocycles. The molecule has 2 rings (SSSR count). The summed E-state index contributed by atoms with van der Waals surface area (Å²) in [6, 6.07) is 15.3. The minimum absolute atomic E-state index is 0.303. The lowest BCUT2D eigenvalue weighted by Crippen LogP contribution is -2.04. The number of aromatic hydroxyl groups is 1. The first kappa shape index (κ1) is 13.4. The molecule has 2 aromatic carbocycles. The van der Waals surface area contributed by atoms with Crippen molar-refractivity contribution < 1.29 is 5.11 Å². The number of phenols is 1. The number of rotatable bonds is 4. The SMILES string of the molecule is Oc1ccc(CC(CBr)c2cccc(Cl)c2)cc1. The van der Waals surface area contributed by atoms with Gasteiger partial charge < -0.3 is 5.11 Å². The molecule has 18 heavy (non-hydrogen) atoms. The second kappa shape index (κ2) is 6.26. The van der Waals surface area contributed by atoms with Crippen LogP contribution < -0.4 is 0 Å². The highest BCUT2D eigenvalue weighted by molar-refractivity contribution is 9.09. The van der Waals surface area contributed by atoms with E-state index in [1.54, 1.807) is 12.1 Å². The number of phenolic OH excluding ortho intramolecular Hbond substituents is 1. The van der Waals surface area contributed by atoms with E-state index in [2.05, 4.69) is 22.0 Å². The zero-order valence-corrected chi connectivity index (χ0v) is 12.2. The predicted octanol–water partition coefficient (Wildman–Crippen LogP) is 4.77. The summed E-state index contributed by atoms with van der Waals surface area (Å²) >= 11 is 9.58. The van der Waals surface area contributed by atoms with Crippen LogP contribution in [0.2, 0.25) is 5.02 Å². The Morgan fingerprint density at radius 2 is 1.83 bits per heavy atom. The average molecular weight is 326 g/mol. The van der Waals surface area contributed by atoms with Crippen LogP contribution in [0.15, 0.2) is 48.5 Å². The van der Waals surface area contributed by atoms with E-state index in [1.165, 1.54) is 11.1 Å². The van der Waals surface area contributed by atoms with Crippen molar-refractivity contribution in [1.82, 2.24) is 0 Å². The molecule has 0 saturated carbocycles. The molecule has 1 N–H and O–H groups in total. The number of halogens is 2. The molecule has 0 aliphatic carbocycles. The summed E-state index contributed by atoms with van der Waals surface area (Å²) in [5.74, 6) is 0.685.